The zero-order valence-electron chi connectivity index (χ0n) is 13.5. The van der Waals surface area contributed by atoms with Gasteiger partial charge in [-0.25, -0.2) is 0 Å². The van der Waals surface area contributed by atoms with Gasteiger partial charge in [0.05, 0.1) is 7.11 Å². The number of fused-ring (bicyclic) bond motifs is 1. The van der Waals surface area contributed by atoms with Gasteiger partial charge >= 0.3 is 10.1 Å². The normalized spacial score (nSPS) is 13.4. The lowest BCUT2D eigenvalue weighted by molar-refractivity contribution is 0.101. The van der Waals surface area contributed by atoms with Crippen molar-refractivity contribution in [2.45, 2.75) is 31.1 Å². The van der Waals surface area contributed by atoms with Crippen molar-refractivity contribution in [2.24, 2.45) is 0 Å². The smallest absolute Gasteiger partial charge is 0.339 e. The molecule has 0 fully saturated rings. The Bertz CT molecular complexity index is 900. The largest absolute Gasteiger partial charge is 0.493 e. The summed E-state index contributed by atoms with van der Waals surface area (Å²) in [6, 6.07) is 9.49. The van der Waals surface area contributed by atoms with Crippen LogP contribution >= 0.6 is 0 Å². The molecule has 1 aliphatic carbocycles. The molecular weight excluding hydrogens is 328 g/mol. The van der Waals surface area contributed by atoms with Crippen LogP contribution in [0.2, 0.25) is 0 Å². The van der Waals surface area contributed by atoms with Crippen molar-refractivity contribution in [3.05, 3.63) is 53.1 Å². The molecule has 0 saturated heterocycles. The Kier molecular flexibility index (Phi) is 4.32. The molecule has 0 bridgehead atoms. The number of methoxy groups -OCH3 is 1. The van der Waals surface area contributed by atoms with Gasteiger partial charge in [-0.15, -0.1) is 0 Å². The third-order valence-corrected chi connectivity index (χ3v) is 5.36. The van der Waals surface area contributed by atoms with Gasteiger partial charge in [0, 0.05) is 5.56 Å². The molecule has 2 aromatic rings. The van der Waals surface area contributed by atoms with Crippen molar-refractivity contribution in [3.8, 4) is 11.5 Å². The Morgan fingerprint density at radius 2 is 1.75 bits per heavy atom. The second-order valence-electron chi connectivity index (χ2n) is 5.74. The zero-order valence-corrected chi connectivity index (χ0v) is 14.4. The Balaban J connectivity index is 1.93. The maximum Gasteiger partial charge on any atom is 0.339 e. The molecule has 3 rings (SSSR count). The average molecular weight is 346 g/mol. The van der Waals surface area contributed by atoms with E-state index in [0.717, 1.165) is 24.8 Å². The second kappa shape index (κ2) is 6.28. The Morgan fingerprint density at radius 1 is 1.00 bits per heavy atom. The lowest BCUT2D eigenvalue weighted by Crippen LogP contribution is -2.11. The van der Waals surface area contributed by atoms with Gasteiger partial charge in [-0.2, -0.15) is 8.42 Å². The van der Waals surface area contributed by atoms with Crippen LogP contribution in [-0.4, -0.2) is 21.3 Å². The van der Waals surface area contributed by atoms with Gasteiger partial charge in [0.25, 0.3) is 0 Å². The number of hydrogen-bond acceptors (Lipinski definition) is 5. The molecule has 0 aliphatic heterocycles. The van der Waals surface area contributed by atoms with E-state index in [1.165, 1.54) is 37.8 Å². The molecule has 0 aromatic heterocycles. The van der Waals surface area contributed by atoms with Crippen LogP contribution in [0.5, 0.6) is 11.5 Å². The lowest BCUT2D eigenvalue weighted by Gasteiger charge is -2.12. The third kappa shape index (κ3) is 3.14. The van der Waals surface area contributed by atoms with Crippen LogP contribution in [0.15, 0.2) is 41.3 Å². The molecule has 0 saturated carbocycles. The van der Waals surface area contributed by atoms with Crippen LogP contribution in [0.4, 0.5) is 0 Å². The van der Waals surface area contributed by atoms with Gasteiger partial charge in [-0.1, -0.05) is 6.07 Å². The first-order chi connectivity index (χ1) is 11.4. The fourth-order valence-electron chi connectivity index (χ4n) is 2.83. The number of ketones is 1. The Morgan fingerprint density at radius 3 is 2.46 bits per heavy atom. The maximum absolute atomic E-state index is 12.5. The summed E-state index contributed by atoms with van der Waals surface area (Å²) in [4.78, 5) is 11.6. The topological polar surface area (TPSA) is 69.7 Å². The molecule has 0 atom stereocenters. The van der Waals surface area contributed by atoms with Crippen LogP contribution in [-0.2, 0) is 23.0 Å². The number of carbonyl (C=O) groups is 1. The first-order valence-corrected chi connectivity index (χ1v) is 9.07. The standard InChI is InChI=1S/C18H18O5S/c1-12(19)14-7-9-17(18(11-14)22-2)23-24(20,21)16-8-6-13-4-3-5-15(13)10-16/h6-11H,3-5H2,1-2H3. The molecule has 1 aliphatic rings. The summed E-state index contributed by atoms with van der Waals surface area (Å²) in [7, 11) is -2.57. The maximum atomic E-state index is 12.5. The predicted molar refractivity (Wildman–Crippen MR) is 89.3 cm³/mol. The number of carbonyl (C=O) groups excluding carboxylic acids is 1. The molecule has 0 heterocycles. The van der Waals surface area contributed by atoms with Crippen LogP contribution in [0, 0.1) is 0 Å². The highest BCUT2D eigenvalue weighted by molar-refractivity contribution is 7.87. The first kappa shape index (κ1) is 16.5. The zero-order chi connectivity index (χ0) is 17.3. The van der Waals surface area contributed by atoms with E-state index < -0.39 is 10.1 Å². The number of benzene rings is 2. The summed E-state index contributed by atoms with van der Waals surface area (Å²) in [5.41, 5.74) is 2.67. The summed E-state index contributed by atoms with van der Waals surface area (Å²) in [5.74, 6) is 0.122. The van der Waals surface area contributed by atoms with Crippen LogP contribution in [0.25, 0.3) is 0 Å². The van der Waals surface area contributed by atoms with Gasteiger partial charge in [0.2, 0.25) is 0 Å². The molecule has 0 spiro atoms. The van der Waals surface area contributed by atoms with Crippen LogP contribution in [0.3, 0.4) is 0 Å². The molecule has 6 heteroatoms. The first-order valence-electron chi connectivity index (χ1n) is 7.66. The molecular formula is C18H18O5S. The quantitative estimate of drug-likeness (QED) is 0.614. The van der Waals surface area contributed by atoms with E-state index in [1.807, 2.05) is 6.07 Å². The third-order valence-electron chi connectivity index (χ3n) is 4.13. The molecule has 24 heavy (non-hydrogen) atoms. The van der Waals surface area contributed by atoms with Gasteiger partial charge in [-0.05, 0) is 67.6 Å². The minimum absolute atomic E-state index is 0.0583. The van der Waals surface area contributed by atoms with E-state index in [2.05, 4.69) is 0 Å². The van der Waals surface area contributed by atoms with Gasteiger partial charge in [0.1, 0.15) is 4.90 Å². The fourth-order valence-corrected chi connectivity index (χ4v) is 3.82. The van der Waals surface area contributed by atoms with E-state index in [0.29, 0.717) is 5.56 Å². The predicted octanol–water partition coefficient (Wildman–Crippen LogP) is 3.15. The highest BCUT2D eigenvalue weighted by Gasteiger charge is 2.22. The molecule has 0 amide bonds. The number of hydrogen-bond donors (Lipinski definition) is 0. The van der Waals surface area contributed by atoms with Crippen LogP contribution in [0.1, 0.15) is 34.8 Å². The fraction of sp³-hybridized carbons (Fsp3) is 0.278. The number of Topliss-reactive ketones (excluding diaryl/α,β-unsaturated/α-hetero) is 1. The number of rotatable bonds is 5. The van der Waals surface area contributed by atoms with Crippen molar-refractivity contribution in [3.63, 3.8) is 0 Å². The highest BCUT2D eigenvalue weighted by atomic mass is 32.2. The van der Waals surface area contributed by atoms with Crippen molar-refractivity contribution in [1.29, 1.82) is 0 Å². The van der Waals surface area contributed by atoms with Crippen molar-refractivity contribution >= 4 is 15.9 Å². The van der Waals surface area contributed by atoms with E-state index >= 15 is 0 Å². The molecule has 126 valence electrons. The van der Waals surface area contributed by atoms with E-state index in [9.17, 15) is 13.2 Å². The van der Waals surface area contributed by atoms with E-state index in [-0.39, 0.29) is 22.2 Å². The van der Waals surface area contributed by atoms with Crippen molar-refractivity contribution in [1.82, 2.24) is 0 Å². The molecule has 5 nitrogen and oxygen atoms in total. The summed E-state index contributed by atoms with van der Waals surface area (Å²) in [6.07, 6.45) is 2.91. The Labute approximate surface area is 141 Å². The van der Waals surface area contributed by atoms with E-state index in [1.54, 1.807) is 12.1 Å². The lowest BCUT2D eigenvalue weighted by atomic mass is 10.1. The van der Waals surface area contributed by atoms with Crippen molar-refractivity contribution in [2.75, 3.05) is 7.11 Å². The minimum atomic E-state index is -3.97. The van der Waals surface area contributed by atoms with Crippen LogP contribution < -0.4 is 8.92 Å². The highest BCUT2D eigenvalue weighted by Crippen LogP contribution is 2.32. The summed E-state index contributed by atoms with van der Waals surface area (Å²) >= 11 is 0. The summed E-state index contributed by atoms with van der Waals surface area (Å²) < 4.78 is 35.5. The minimum Gasteiger partial charge on any atom is -0.493 e. The van der Waals surface area contributed by atoms with Crippen molar-refractivity contribution < 1.29 is 22.1 Å². The Hall–Kier alpha value is -2.34. The summed E-state index contributed by atoms with van der Waals surface area (Å²) in [5, 5.41) is 0. The van der Waals surface area contributed by atoms with E-state index in [4.69, 9.17) is 8.92 Å². The molecule has 0 radical (unpaired) electrons. The van der Waals surface area contributed by atoms with Gasteiger partial charge in [0.15, 0.2) is 17.3 Å². The number of ether oxygens (including phenoxy) is 1. The van der Waals surface area contributed by atoms with Gasteiger partial charge in [-0.3, -0.25) is 4.79 Å². The summed E-state index contributed by atoms with van der Waals surface area (Å²) in [6.45, 7) is 1.43. The second-order valence-corrected chi connectivity index (χ2v) is 7.29. The number of aryl methyl sites for hydroxylation is 2. The molecule has 0 N–H and O–H groups in total. The van der Waals surface area contributed by atoms with Gasteiger partial charge < -0.3 is 8.92 Å². The molecule has 0 unspecified atom stereocenters. The average Bonchev–Trinajstić information content (AvgIpc) is 3.02. The monoisotopic (exact) mass is 346 g/mol. The molecule has 2 aromatic carbocycles. The SMILES string of the molecule is COc1cc(C(C)=O)ccc1OS(=O)(=O)c1ccc2c(c1)CCC2.